The maximum Gasteiger partial charge on any atom is 0.183 e. The Hall–Kier alpha value is -1.16. The molecule has 19 heavy (non-hydrogen) atoms. The number of nitrogens with zero attached hydrogens (tertiary/aromatic N) is 1. The molecule has 2 aliphatic rings. The summed E-state index contributed by atoms with van der Waals surface area (Å²) in [7, 11) is 0. The first kappa shape index (κ1) is 11.6. The Morgan fingerprint density at radius 3 is 3.05 bits per heavy atom. The molecule has 0 radical (unpaired) electrons. The third-order valence-corrected chi connectivity index (χ3v) is 5.74. The first-order chi connectivity index (χ1) is 9.28. The van der Waals surface area contributed by atoms with E-state index in [9.17, 15) is 4.39 Å². The highest BCUT2D eigenvalue weighted by atomic mass is 32.1. The van der Waals surface area contributed by atoms with Gasteiger partial charge in [-0.25, -0.2) is 9.37 Å². The van der Waals surface area contributed by atoms with Crippen molar-refractivity contribution < 1.29 is 4.39 Å². The van der Waals surface area contributed by atoms with Crippen molar-refractivity contribution in [3.8, 4) is 0 Å². The molecule has 3 atom stereocenters. The van der Waals surface area contributed by atoms with E-state index in [2.05, 4.69) is 10.3 Å². The number of hydrogen-bond acceptors (Lipinski definition) is 3. The van der Waals surface area contributed by atoms with Gasteiger partial charge in [0.05, 0.1) is 10.2 Å². The summed E-state index contributed by atoms with van der Waals surface area (Å²) in [5.41, 5.74) is 0.764. The fraction of sp³-hybridized carbons (Fsp3) is 0.533. The Balaban J connectivity index is 1.46. The van der Waals surface area contributed by atoms with Crippen molar-refractivity contribution in [3.05, 3.63) is 24.0 Å². The van der Waals surface area contributed by atoms with Gasteiger partial charge in [0, 0.05) is 12.6 Å². The van der Waals surface area contributed by atoms with E-state index < -0.39 is 0 Å². The Morgan fingerprint density at radius 2 is 2.26 bits per heavy atom. The van der Waals surface area contributed by atoms with Crippen LogP contribution in [0.15, 0.2) is 18.2 Å². The zero-order chi connectivity index (χ0) is 12.8. The minimum absolute atomic E-state index is 0.211. The average molecular weight is 276 g/mol. The number of fused-ring (bicyclic) bond motifs is 3. The predicted molar refractivity (Wildman–Crippen MR) is 77.0 cm³/mol. The van der Waals surface area contributed by atoms with Crippen molar-refractivity contribution in [3.63, 3.8) is 0 Å². The molecule has 2 aromatic rings. The van der Waals surface area contributed by atoms with Gasteiger partial charge in [-0.15, -0.1) is 0 Å². The minimum Gasteiger partial charge on any atom is -0.361 e. The van der Waals surface area contributed by atoms with Crippen molar-refractivity contribution in [1.29, 1.82) is 0 Å². The molecule has 0 amide bonds. The van der Waals surface area contributed by atoms with Crippen LogP contribution in [-0.2, 0) is 0 Å². The summed E-state index contributed by atoms with van der Waals surface area (Å²) in [5, 5.41) is 4.40. The van der Waals surface area contributed by atoms with Crippen LogP contribution in [0.3, 0.4) is 0 Å². The minimum atomic E-state index is -0.211. The van der Waals surface area contributed by atoms with Crippen LogP contribution in [-0.4, -0.2) is 11.5 Å². The first-order valence-corrected chi connectivity index (χ1v) is 7.89. The number of halogens is 1. The fourth-order valence-electron chi connectivity index (χ4n) is 3.82. The molecule has 2 nitrogen and oxygen atoms in total. The summed E-state index contributed by atoms with van der Waals surface area (Å²) in [6.07, 6.45) is 5.69. The lowest BCUT2D eigenvalue weighted by Gasteiger charge is -2.21. The molecule has 2 bridgehead atoms. The highest BCUT2D eigenvalue weighted by molar-refractivity contribution is 7.22. The second-order valence-corrected chi connectivity index (χ2v) is 6.98. The average Bonchev–Trinajstić information content (AvgIpc) is 3.09. The Kier molecular flexibility index (Phi) is 2.72. The molecule has 4 rings (SSSR count). The number of hydrogen-bond donors (Lipinski definition) is 1. The molecule has 4 heteroatoms. The SMILES string of the molecule is Fc1ccc2sc(NCC3CC4CCC3C4)nc2c1. The quantitative estimate of drug-likeness (QED) is 0.905. The standard InChI is InChI=1S/C15H17FN2S/c16-12-3-4-14-13(7-12)18-15(19-14)17-8-11-6-9-1-2-10(11)5-9/h3-4,7,9-11H,1-2,5-6,8H2,(H,17,18). The number of thiazole rings is 1. The lowest BCUT2D eigenvalue weighted by atomic mass is 9.89. The molecule has 0 spiro atoms. The molecular weight excluding hydrogens is 259 g/mol. The van der Waals surface area contributed by atoms with Crippen LogP contribution in [0, 0.1) is 23.6 Å². The van der Waals surface area contributed by atoms with Crippen LogP contribution in [0.1, 0.15) is 25.7 Å². The van der Waals surface area contributed by atoms with Crippen molar-refractivity contribution in [2.24, 2.45) is 17.8 Å². The van der Waals surface area contributed by atoms with Crippen molar-refractivity contribution in [1.82, 2.24) is 4.98 Å². The van der Waals surface area contributed by atoms with E-state index in [1.807, 2.05) is 6.07 Å². The molecule has 1 N–H and O–H groups in total. The van der Waals surface area contributed by atoms with E-state index in [0.717, 1.165) is 39.6 Å². The lowest BCUT2D eigenvalue weighted by Crippen LogP contribution is -2.19. The summed E-state index contributed by atoms with van der Waals surface area (Å²) < 4.78 is 14.2. The molecule has 1 heterocycles. The van der Waals surface area contributed by atoms with Crippen molar-refractivity contribution >= 4 is 26.7 Å². The smallest absolute Gasteiger partial charge is 0.183 e. The topological polar surface area (TPSA) is 24.9 Å². The summed E-state index contributed by atoms with van der Waals surface area (Å²) in [6.45, 7) is 1.03. The van der Waals surface area contributed by atoms with Gasteiger partial charge < -0.3 is 5.32 Å². The van der Waals surface area contributed by atoms with E-state index in [1.54, 1.807) is 11.3 Å². The fourth-order valence-corrected chi connectivity index (χ4v) is 4.67. The zero-order valence-electron chi connectivity index (χ0n) is 10.7. The monoisotopic (exact) mass is 276 g/mol. The normalized spacial score (nSPS) is 29.2. The summed E-state index contributed by atoms with van der Waals surface area (Å²) in [4.78, 5) is 4.46. The van der Waals surface area contributed by atoms with Gasteiger partial charge in [0.25, 0.3) is 0 Å². The molecule has 100 valence electrons. The van der Waals surface area contributed by atoms with E-state index >= 15 is 0 Å². The van der Waals surface area contributed by atoms with Crippen LogP contribution in [0.25, 0.3) is 10.2 Å². The summed E-state index contributed by atoms with van der Waals surface area (Å²) in [5.74, 6) is 2.53. The van der Waals surface area contributed by atoms with Gasteiger partial charge in [-0.2, -0.15) is 0 Å². The Labute approximate surface area is 116 Å². The van der Waals surface area contributed by atoms with Crippen molar-refractivity contribution in [2.45, 2.75) is 25.7 Å². The molecule has 2 fully saturated rings. The Morgan fingerprint density at radius 1 is 1.32 bits per heavy atom. The van der Waals surface area contributed by atoms with Crippen LogP contribution < -0.4 is 5.32 Å². The van der Waals surface area contributed by atoms with Gasteiger partial charge >= 0.3 is 0 Å². The second-order valence-electron chi connectivity index (χ2n) is 5.95. The maximum atomic E-state index is 13.1. The third kappa shape index (κ3) is 2.12. The maximum absolute atomic E-state index is 13.1. The number of benzene rings is 1. The third-order valence-electron chi connectivity index (χ3n) is 4.75. The number of rotatable bonds is 3. The second kappa shape index (κ2) is 4.44. The molecule has 3 unspecified atom stereocenters. The van der Waals surface area contributed by atoms with E-state index in [-0.39, 0.29) is 5.82 Å². The highest BCUT2D eigenvalue weighted by Crippen LogP contribution is 2.48. The lowest BCUT2D eigenvalue weighted by molar-refractivity contribution is 0.348. The van der Waals surface area contributed by atoms with E-state index in [0.29, 0.717) is 0 Å². The molecular formula is C15H17FN2S. The molecule has 2 aliphatic carbocycles. The van der Waals surface area contributed by atoms with Crippen LogP contribution in [0.4, 0.5) is 9.52 Å². The zero-order valence-corrected chi connectivity index (χ0v) is 11.5. The van der Waals surface area contributed by atoms with Crippen LogP contribution >= 0.6 is 11.3 Å². The van der Waals surface area contributed by atoms with Gasteiger partial charge in [-0.3, -0.25) is 0 Å². The predicted octanol–water partition coefficient (Wildman–Crippen LogP) is 4.28. The molecule has 2 saturated carbocycles. The number of nitrogens with one attached hydrogen (secondary N) is 1. The van der Waals surface area contributed by atoms with Crippen molar-refractivity contribution in [2.75, 3.05) is 11.9 Å². The molecule has 1 aromatic carbocycles. The first-order valence-electron chi connectivity index (χ1n) is 7.08. The van der Waals surface area contributed by atoms with Gasteiger partial charge in [0.15, 0.2) is 5.13 Å². The molecule has 0 saturated heterocycles. The number of aromatic nitrogens is 1. The van der Waals surface area contributed by atoms with Gasteiger partial charge in [-0.05, 0) is 49.1 Å². The Bertz CT molecular complexity index is 609. The largest absolute Gasteiger partial charge is 0.361 e. The van der Waals surface area contributed by atoms with Crippen LogP contribution in [0.2, 0.25) is 0 Å². The van der Waals surface area contributed by atoms with E-state index in [4.69, 9.17) is 0 Å². The highest BCUT2D eigenvalue weighted by Gasteiger charge is 2.39. The van der Waals surface area contributed by atoms with Crippen LogP contribution in [0.5, 0.6) is 0 Å². The van der Waals surface area contributed by atoms with Gasteiger partial charge in [0.1, 0.15) is 5.82 Å². The molecule has 0 aliphatic heterocycles. The van der Waals surface area contributed by atoms with Gasteiger partial charge in [-0.1, -0.05) is 17.8 Å². The number of anilines is 1. The van der Waals surface area contributed by atoms with E-state index in [1.165, 1.54) is 37.8 Å². The summed E-state index contributed by atoms with van der Waals surface area (Å²) in [6, 6.07) is 4.82. The summed E-state index contributed by atoms with van der Waals surface area (Å²) >= 11 is 1.62. The molecule has 1 aromatic heterocycles. The van der Waals surface area contributed by atoms with Gasteiger partial charge in [0.2, 0.25) is 0 Å².